The Morgan fingerprint density at radius 1 is 1.22 bits per heavy atom. The predicted octanol–water partition coefficient (Wildman–Crippen LogP) is 4.06. The number of nitrogens with zero attached hydrogens (tertiary/aromatic N) is 3. The predicted molar refractivity (Wildman–Crippen MR) is 95.5 cm³/mol. The van der Waals surface area contributed by atoms with Gasteiger partial charge in [-0.25, -0.2) is 0 Å². The number of halogens is 3. The molecule has 8 heteroatoms. The Morgan fingerprint density at radius 3 is 2.70 bits per heavy atom. The lowest BCUT2D eigenvalue weighted by atomic mass is 10.00. The van der Waals surface area contributed by atoms with Crippen LogP contribution >= 0.6 is 0 Å². The van der Waals surface area contributed by atoms with Gasteiger partial charge in [-0.15, -0.1) is 10.2 Å². The van der Waals surface area contributed by atoms with Crippen LogP contribution in [0.25, 0.3) is 22.3 Å². The van der Waals surface area contributed by atoms with Crippen LogP contribution in [0.3, 0.4) is 0 Å². The number of phenols is 1. The van der Waals surface area contributed by atoms with Gasteiger partial charge in [-0.05, 0) is 56.1 Å². The van der Waals surface area contributed by atoms with E-state index in [4.69, 9.17) is 0 Å². The molecule has 2 aromatic heterocycles. The van der Waals surface area contributed by atoms with Crippen LogP contribution in [0.4, 0.5) is 13.2 Å². The molecule has 0 aliphatic carbocycles. The first-order valence-corrected chi connectivity index (χ1v) is 8.81. The second-order valence-electron chi connectivity index (χ2n) is 6.92. The van der Waals surface area contributed by atoms with E-state index in [0.717, 1.165) is 49.1 Å². The van der Waals surface area contributed by atoms with Gasteiger partial charge >= 0.3 is 6.18 Å². The normalized spacial score (nSPS) is 18.1. The summed E-state index contributed by atoms with van der Waals surface area (Å²) < 4.78 is 40.8. The number of phenolic OH excluding ortho intramolecular Hbond substituents is 1. The summed E-state index contributed by atoms with van der Waals surface area (Å²) in [6.45, 7) is 3.40. The first kappa shape index (κ1) is 17.8. The highest BCUT2D eigenvalue weighted by Crippen LogP contribution is 2.39. The molecule has 27 heavy (non-hydrogen) atoms. The van der Waals surface area contributed by atoms with Gasteiger partial charge in [0.25, 0.3) is 0 Å². The Morgan fingerprint density at radius 2 is 2.04 bits per heavy atom. The lowest BCUT2D eigenvalue weighted by Crippen LogP contribution is -2.31. The molecule has 4 rings (SSSR count). The number of aromatic hydroxyl groups is 1. The molecule has 0 unspecified atom stereocenters. The van der Waals surface area contributed by atoms with Crippen molar-refractivity contribution in [2.75, 3.05) is 13.1 Å². The molecule has 1 aliphatic rings. The number of hydrogen-bond acceptors (Lipinski definition) is 4. The molecule has 1 saturated heterocycles. The summed E-state index contributed by atoms with van der Waals surface area (Å²) in [7, 11) is 0. The van der Waals surface area contributed by atoms with Crippen LogP contribution in [0.2, 0.25) is 0 Å². The largest absolute Gasteiger partial charge is 0.507 e. The van der Waals surface area contributed by atoms with Gasteiger partial charge in [0.05, 0.1) is 11.3 Å². The molecule has 3 aromatic rings. The van der Waals surface area contributed by atoms with E-state index >= 15 is 0 Å². The molecule has 1 fully saturated rings. The third-order valence-electron chi connectivity index (χ3n) is 5.02. The third-order valence-corrected chi connectivity index (χ3v) is 5.02. The van der Waals surface area contributed by atoms with Crippen molar-refractivity contribution in [1.29, 1.82) is 0 Å². The Bertz CT molecular complexity index is 967. The van der Waals surface area contributed by atoms with Gasteiger partial charge in [0, 0.05) is 29.7 Å². The lowest BCUT2D eigenvalue weighted by molar-refractivity contribution is -0.137. The van der Waals surface area contributed by atoms with Crippen LogP contribution in [0.5, 0.6) is 5.75 Å². The van der Waals surface area contributed by atoms with Crippen LogP contribution < -0.4 is 5.32 Å². The molecule has 1 atom stereocenters. The summed E-state index contributed by atoms with van der Waals surface area (Å²) in [4.78, 5) is 0. The summed E-state index contributed by atoms with van der Waals surface area (Å²) in [5, 5.41) is 22.9. The van der Waals surface area contributed by atoms with Crippen molar-refractivity contribution in [3.8, 4) is 17.0 Å². The maximum absolute atomic E-state index is 12.9. The minimum Gasteiger partial charge on any atom is -0.507 e. The molecule has 3 heterocycles. The van der Waals surface area contributed by atoms with Crippen LogP contribution in [0.15, 0.2) is 30.5 Å². The average Bonchev–Trinajstić information content (AvgIpc) is 3.04. The number of benzene rings is 1. The number of rotatable bonds is 2. The van der Waals surface area contributed by atoms with E-state index in [2.05, 4.69) is 20.1 Å². The highest BCUT2D eigenvalue weighted by atomic mass is 19.4. The number of hydrogen-bond donors (Lipinski definition) is 2. The van der Waals surface area contributed by atoms with Gasteiger partial charge in [-0.3, -0.25) is 0 Å². The van der Waals surface area contributed by atoms with Gasteiger partial charge in [-0.1, -0.05) is 0 Å². The van der Waals surface area contributed by atoms with Crippen molar-refractivity contribution in [2.45, 2.75) is 32.0 Å². The number of alkyl halides is 3. The Hall–Kier alpha value is -2.61. The van der Waals surface area contributed by atoms with E-state index in [1.54, 1.807) is 6.07 Å². The smallest absolute Gasteiger partial charge is 0.416 e. The number of aromatic nitrogens is 3. The van der Waals surface area contributed by atoms with Crippen LogP contribution in [0, 0.1) is 6.92 Å². The molecule has 0 saturated carbocycles. The highest BCUT2D eigenvalue weighted by molar-refractivity contribution is 5.82. The monoisotopic (exact) mass is 376 g/mol. The van der Waals surface area contributed by atoms with E-state index < -0.39 is 17.5 Å². The summed E-state index contributed by atoms with van der Waals surface area (Å²) in [5.41, 5.74) is 0.768. The van der Waals surface area contributed by atoms with E-state index in [1.165, 1.54) is 6.92 Å². The Balaban J connectivity index is 1.75. The zero-order valence-electron chi connectivity index (χ0n) is 14.7. The summed E-state index contributed by atoms with van der Waals surface area (Å²) >= 11 is 0. The van der Waals surface area contributed by atoms with Crippen molar-refractivity contribution in [1.82, 2.24) is 20.1 Å². The van der Waals surface area contributed by atoms with E-state index in [-0.39, 0.29) is 5.56 Å². The number of aryl methyl sites for hydroxylation is 1. The van der Waals surface area contributed by atoms with Crippen molar-refractivity contribution < 1.29 is 18.3 Å². The summed E-state index contributed by atoms with van der Waals surface area (Å²) in [6.07, 6.45) is -0.407. The van der Waals surface area contributed by atoms with Crippen molar-refractivity contribution in [3.05, 3.63) is 41.6 Å². The fourth-order valence-corrected chi connectivity index (χ4v) is 3.71. The van der Waals surface area contributed by atoms with Gasteiger partial charge in [0.15, 0.2) is 5.65 Å². The van der Waals surface area contributed by atoms with Crippen LogP contribution in [-0.2, 0) is 6.18 Å². The van der Waals surface area contributed by atoms with Crippen LogP contribution in [0.1, 0.15) is 30.0 Å². The Kier molecular flexibility index (Phi) is 4.30. The van der Waals surface area contributed by atoms with Crippen molar-refractivity contribution in [3.63, 3.8) is 0 Å². The molecule has 1 aliphatic heterocycles. The average molecular weight is 376 g/mol. The first-order valence-electron chi connectivity index (χ1n) is 8.81. The summed E-state index contributed by atoms with van der Waals surface area (Å²) in [5.74, 6) is -0.452. The number of fused-ring (bicyclic) bond motifs is 1. The Labute approximate surface area is 153 Å². The van der Waals surface area contributed by atoms with E-state index in [0.29, 0.717) is 17.3 Å². The zero-order valence-corrected chi connectivity index (χ0v) is 14.7. The van der Waals surface area contributed by atoms with E-state index in [9.17, 15) is 18.3 Å². The van der Waals surface area contributed by atoms with Crippen molar-refractivity contribution in [2.24, 2.45) is 0 Å². The molecule has 0 bridgehead atoms. The minimum atomic E-state index is -4.51. The third kappa shape index (κ3) is 3.25. The number of piperidine rings is 1. The van der Waals surface area contributed by atoms with Gasteiger partial charge < -0.3 is 15.0 Å². The topological polar surface area (TPSA) is 63.0 Å². The fraction of sp³-hybridized carbons (Fsp3) is 0.368. The maximum atomic E-state index is 12.9. The SMILES string of the molecule is Cc1cc(C(F)(F)F)cc(O)c1-c1cc2ccn([C@@H]3CCCNC3)c2nn1. The molecule has 0 radical (unpaired) electrons. The highest BCUT2D eigenvalue weighted by Gasteiger charge is 2.32. The van der Waals surface area contributed by atoms with Gasteiger partial charge in [0.2, 0.25) is 0 Å². The lowest BCUT2D eigenvalue weighted by Gasteiger charge is -2.24. The maximum Gasteiger partial charge on any atom is 0.416 e. The fourth-order valence-electron chi connectivity index (χ4n) is 3.71. The standard InChI is InChI=1S/C19H19F3N4O/c1-11-7-13(19(20,21)22)9-16(27)17(11)15-8-12-4-6-26(18(12)25-24-15)14-3-2-5-23-10-14/h4,6-9,14,23,27H,2-3,5,10H2,1H3/t14-/m1/s1. The second-order valence-corrected chi connectivity index (χ2v) is 6.92. The van der Waals surface area contributed by atoms with Crippen molar-refractivity contribution >= 4 is 11.0 Å². The van der Waals surface area contributed by atoms with Crippen LogP contribution in [-0.4, -0.2) is 33.0 Å². The second kappa shape index (κ2) is 6.53. The zero-order chi connectivity index (χ0) is 19.2. The molecular formula is C19H19F3N4O. The molecule has 0 amide bonds. The molecule has 142 valence electrons. The first-order chi connectivity index (χ1) is 12.8. The molecule has 5 nitrogen and oxygen atoms in total. The van der Waals surface area contributed by atoms with Gasteiger partial charge in [0.1, 0.15) is 5.75 Å². The molecule has 1 aromatic carbocycles. The molecule has 2 N–H and O–H groups in total. The molecule has 0 spiro atoms. The minimum absolute atomic E-state index is 0.268. The van der Waals surface area contributed by atoms with E-state index in [1.807, 2.05) is 12.3 Å². The molecular weight excluding hydrogens is 357 g/mol. The number of nitrogens with one attached hydrogen (secondary N) is 1. The van der Waals surface area contributed by atoms with Gasteiger partial charge in [-0.2, -0.15) is 13.2 Å². The summed E-state index contributed by atoms with van der Waals surface area (Å²) in [6, 6.07) is 5.72. The quantitative estimate of drug-likeness (QED) is 0.708.